The number of hydrogen-bond donors (Lipinski definition) is 2. The predicted octanol–water partition coefficient (Wildman–Crippen LogP) is 0.582. The summed E-state index contributed by atoms with van der Waals surface area (Å²) in [5, 5.41) is 6.43. The van der Waals surface area contributed by atoms with Crippen molar-refractivity contribution in [2.45, 2.75) is 19.8 Å². The van der Waals surface area contributed by atoms with Gasteiger partial charge >= 0.3 is 0 Å². The molecule has 2 aromatic rings. The molecule has 7 nitrogen and oxygen atoms in total. The number of nitrogens with one attached hydrogen (secondary N) is 1. The van der Waals surface area contributed by atoms with Gasteiger partial charge in [-0.15, -0.1) is 0 Å². The number of carbonyl (C=O) groups excluding carboxylic acids is 1. The first-order valence-electron chi connectivity index (χ1n) is 5.99. The van der Waals surface area contributed by atoms with Crippen molar-refractivity contribution in [3.05, 3.63) is 35.6 Å². The van der Waals surface area contributed by atoms with Crippen LogP contribution in [0.5, 0.6) is 0 Å². The Bertz CT molecular complexity index is 553. The summed E-state index contributed by atoms with van der Waals surface area (Å²) in [5.74, 6) is 0.721. The quantitative estimate of drug-likeness (QED) is 0.815. The number of aromatic nitrogens is 3. The maximum absolute atomic E-state index is 11.9. The molecule has 0 bridgehead atoms. The second-order valence-corrected chi connectivity index (χ2v) is 3.98. The zero-order chi connectivity index (χ0) is 13.7. The lowest BCUT2D eigenvalue weighted by atomic mass is 10.2. The van der Waals surface area contributed by atoms with Crippen LogP contribution in [0.15, 0.2) is 23.0 Å². The lowest BCUT2D eigenvalue weighted by molar-refractivity contribution is 0.0953. The summed E-state index contributed by atoms with van der Waals surface area (Å²) < 4.78 is 4.60. The van der Waals surface area contributed by atoms with Crippen LogP contribution < -0.4 is 11.1 Å². The molecule has 0 aliphatic heterocycles. The molecule has 0 aromatic carbocycles. The third-order valence-corrected chi connectivity index (χ3v) is 2.56. The van der Waals surface area contributed by atoms with Gasteiger partial charge < -0.3 is 15.6 Å². The van der Waals surface area contributed by atoms with Gasteiger partial charge in [0.1, 0.15) is 5.82 Å². The molecular weight excluding hydrogens is 246 g/mol. The van der Waals surface area contributed by atoms with Crippen molar-refractivity contribution in [2.75, 3.05) is 12.3 Å². The van der Waals surface area contributed by atoms with Gasteiger partial charge in [-0.05, 0) is 18.6 Å². The minimum absolute atomic E-state index is 0.188. The highest BCUT2D eigenvalue weighted by Crippen LogP contribution is 2.08. The summed E-state index contributed by atoms with van der Waals surface area (Å²) in [6.45, 7) is 2.39. The van der Waals surface area contributed by atoms with E-state index in [9.17, 15) is 4.79 Å². The smallest absolute Gasteiger partial charge is 0.251 e. The molecular formula is C12H15N5O2. The Labute approximate surface area is 110 Å². The minimum atomic E-state index is -0.188. The highest BCUT2D eigenvalue weighted by atomic mass is 16.5. The average Bonchev–Trinajstić information content (AvgIpc) is 2.91. The molecule has 2 rings (SSSR count). The lowest BCUT2D eigenvalue weighted by Gasteiger charge is -2.06. The third kappa shape index (κ3) is 3.51. The Morgan fingerprint density at radius 2 is 2.32 bits per heavy atom. The standard InChI is InChI=1S/C12H15N5O2/c1-2-9-5-8(6-10(13)16-9)12(18)14-4-3-11-15-7-19-17-11/h5-7H,2-4H2,1H3,(H2,13,16)(H,14,18). The van der Waals surface area contributed by atoms with Crippen molar-refractivity contribution < 1.29 is 9.32 Å². The van der Waals surface area contributed by atoms with Crippen LogP contribution in [0.1, 0.15) is 28.8 Å². The second kappa shape index (κ2) is 5.94. The number of carbonyl (C=O) groups is 1. The molecule has 1 amide bonds. The lowest BCUT2D eigenvalue weighted by Crippen LogP contribution is -2.26. The second-order valence-electron chi connectivity index (χ2n) is 3.98. The van der Waals surface area contributed by atoms with Crippen LogP contribution in [-0.4, -0.2) is 27.6 Å². The Hall–Kier alpha value is -2.44. The SMILES string of the molecule is CCc1cc(C(=O)NCCc2ncon2)cc(N)n1. The van der Waals surface area contributed by atoms with Crippen molar-refractivity contribution in [2.24, 2.45) is 0 Å². The van der Waals surface area contributed by atoms with Gasteiger partial charge in [-0.3, -0.25) is 4.79 Å². The Morgan fingerprint density at radius 3 is 3.00 bits per heavy atom. The van der Waals surface area contributed by atoms with Gasteiger partial charge in [0.05, 0.1) is 0 Å². The zero-order valence-corrected chi connectivity index (χ0v) is 10.6. The molecule has 0 saturated heterocycles. The molecule has 0 fully saturated rings. The van der Waals surface area contributed by atoms with E-state index >= 15 is 0 Å². The van der Waals surface area contributed by atoms with E-state index < -0.39 is 0 Å². The predicted molar refractivity (Wildman–Crippen MR) is 68.4 cm³/mol. The van der Waals surface area contributed by atoms with Crippen molar-refractivity contribution in [3.8, 4) is 0 Å². The number of aryl methyl sites for hydroxylation is 1. The van der Waals surface area contributed by atoms with Crippen LogP contribution in [0.2, 0.25) is 0 Å². The zero-order valence-electron chi connectivity index (χ0n) is 10.6. The van der Waals surface area contributed by atoms with Gasteiger partial charge in [0.25, 0.3) is 5.91 Å². The first kappa shape index (κ1) is 13.0. The number of nitrogen functional groups attached to an aromatic ring is 1. The van der Waals surface area contributed by atoms with Gasteiger partial charge in [-0.25, -0.2) is 4.98 Å². The molecule has 0 unspecified atom stereocenters. The van der Waals surface area contributed by atoms with Crippen LogP contribution in [0, 0.1) is 0 Å². The van der Waals surface area contributed by atoms with E-state index in [0.717, 1.165) is 12.1 Å². The summed E-state index contributed by atoms with van der Waals surface area (Å²) in [7, 11) is 0. The average molecular weight is 261 g/mol. The van der Waals surface area contributed by atoms with Crippen LogP contribution >= 0.6 is 0 Å². The summed E-state index contributed by atoms with van der Waals surface area (Å²) >= 11 is 0. The molecule has 2 aromatic heterocycles. The maximum Gasteiger partial charge on any atom is 0.251 e. The molecule has 2 heterocycles. The van der Waals surface area contributed by atoms with E-state index in [0.29, 0.717) is 30.2 Å². The van der Waals surface area contributed by atoms with E-state index in [1.54, 1.807) is 12.1 Å². The molecule has 0 aliphatic carbocycles. The molecule has 0 aliphatic rings. The van der Waals surface area contributed by atoms with Crippen molar-refractivity contribution in [1.82, 2.24) is 20.4 Å². The van der Waals surface area contributed by atoms with Gasteiger partial charge in [-0.1, -0.05) is 12.1 Å². The van der Waals surface area contributed by atoms with Crippen LogP contribution in [-0.2, 0) is 12.8 Å². The Morgan fingerprint density at radius 1 is 1.47 bits per heavy atom. The summed E-state index contributed by atoms with van der Waals surface area (Å²) in [6.07, 6.45) is 2.51. The number of nitrogens with zero attached hydrogens (tertiary/aromatic N) is 3. The molecule has 7 heteroatoms. The van der Waals surface area contributed by atoms with Gasteiger partial charge in [-0.2, -0.15) is 4.98 Å². The number of hydrogen-bond acceptors (Lipinski definition) is 6. The monoisotopic (exact) mass is 261 g/mol. The number of pyridine rings is 1. The topological polar surface area (TPSA) is 107 Å². The fourth-order valence-corrected chi connectivity index (χ4v) is 1.62. The highest BCUT2D eigenvalue weighted by molar-refractivity contribution is 5.94. The van der Waals surface area contributed by atoms with E-state index in [1.807, 2.05) is 6.92 Å². The number of amides is 1. The molecule has 3 N–H and O–H groups in total. The van der Waals surface area contributed by atoms with E-state index in [2.05, 4.69) is 25.0 Å². The van der Waals surface area contributed by atoms with Crippen molar-refractivity contribution >= 4 is 11.7 Å². The van der Waals surface area contributed by atoms with Gasteiger partial charge in [0.15, 0.2) is 5.82 Å². The van der Waals surface area contributed by atoms with E-state index in [1.165, 1.54) is 6.39 Å². The first-order valence-corrected chi connectivity index (χ1v) is 5.99. The summed E-state index contributed by atoms with van der Waals surface area (Å²) in [5.41, 5.74) is 6.96. The van der Waals surface area contributed by atoms with Crippen LogP contribution in [0.25, 0.3) is 0 Å². The van der Waals surface area contributed by atoms with Crippen LogP contribution in [0.4, 0.5) is 5.82 Å². The van der Waals surface area contributed by atoms with Gasteiger partial charge in [0.2, 0.25) is 6.39 Å². The number of nitrogens with two attached hydrogens (primary N) is 1. The highest BCUT2D eigenvalue weighted by Gasteiger charge is 2.08. The fourth-order valence-electron chi connectivity index (χ4n) is 1.62. The molecule has 19 heavy (non-hydrogen) atoms. The summed E-state index contributed by atoms with van der Waals surface area (Å²) in [4.78, 5) is 19.9. The Balaban J connectivity index is 1.94. The normalized spacial score (nSPS) is 10.4. The first-order chi connectivity index (χ1) is 9.19. The molecule has 0 radical (unpaired) electrons. The maximum atomic E-state index is 11.9. The molecule has 0 saturated carbocycles. The third-order valence-electron chi connectivity index (χ3n) is 2.56. The van der Waals surface area contributed by atoms with Crippen LogP contribution in [0.3, 0.4) is 0 Å². The fraction of sp³-hybridized carbons (Fsp3) is 0.333. The van der Waals surface area contributed by atoms with Crippen molar-refractivity contribution in [1.29, 1.82) is 0 Å². The summed E-state index contributed by atoms with van der Waals surface area (Å²) in [6, 6.07) is 3.29. The molecule has 0 spiro atoms. The minimum Gasteiger partial charge on any atom is -0.384 e. The largest absolute Gasteiger partial charge is 0.384 e. The Kier molecular flexibility index (Phi) is 4.07. The molecule has 0 atom stereocenters. The van der Waals surface area contributed by atoms with Gasteiger partial charge in [0, 0.05) is 24.2 Å². The molecule has 100 valence electrons. The van der Waals surface area contributed by atoms with Crippen molar-refractivity contribution in [3.63, 3.8) is 0 Å². The number of rotatable bonds is 5. The van der Waals surface area contributed by atoms with E-state index in [4.69, 9.17) is 5.73 Å². The number of anilines is 1. The van der Waals surface area contributed by atoms with E-state index in [-0.39, 0.29) is 5.91 Å².